The first kappa shape index (κ1) is 17.0. The first-order valence-electron chi connectivity index (χ1n) is 6.72. The smallest absolute Gasteiger partial charge is 0.257 e. The number of carbonyl (C=O) groups is 1. The van der Waals surface area contributed by atoms with Gasteiger partial charge in [0.1, 0.15) is 5.56 Å². The maximum absolute atomic E-state index is 13.5. The summed E-state index contributed by atoms with van der Waals surface area (Å²) in [5.74, 6) is -8.66. The lowest BCUT2D eigenvalue weighted by atomic mass is 10.00. The highest BCUT2D eigenvalue weighted by atomic mass is 19.2. The van der Waals surface area contributed by atoms with Crippen LogP contribution in [-0.2, 0) is 0 Å². The summed E-state index contributed by atoms with van der Waals surface area (Å²) in [7, 11) is 0. The lowest BCUT2D eigenvalue weighted by Gasteiger charge is -2.16. The van der Waals surface area contributed by atoms with Gasteiger partial charge < -0.3 is 10.4 Å². The Morgan fingerprint density at radius 3 is 2.13 bits per heavy atom. The third-order valence-electron chi connectivity index (χ3n) is 3.34. The van der Waals surface area contributed by atoms with Crippen molar-refractivity contribution in [1.82, 2.24) is 5.32 Å². The zero-order valence-corrected chi connectivity index (χ0v) is 11.8. The predicted molar refractivity (Wildman–Crippen MR) is 74.9 cm³/mol. The second kappa shape index (κ2) is 7.23. The fourth-order valence-electron chi connectivity index (χ4n) is 2.09. The quantitative estimate of drug-likeness (QED) is 0.655. The molecule has 7 heteroatoms. The van der Waals surface area contributed by atoms with Gasteiger partial charge in [-0.25, -0.2) is 17.6 Å². The number of rotatable bonds is 5. The number of nitrogens with one attached hydrogen (secondary N) is 1. The van der Waals surface area contributed by atoms with Gasteiger partial charge >= 0.3 is 0 Å². The maximum atomic E-state index is 13.5. The second-order valence-electron chi connectivity index (χ2n) is 4.84. The summed E-state index contributed by atoms with van der Waals surface area (Å²) >= 11 is 0. The van der Waals surface area contributed by atoms with E-state index in [1.165, 1.54) is 0 Å². The predicted octanol–water partition coefficient (Wildman–Crippen LogP) is 2.75. The third-order valence-corrected chi connectivity index (χ3v) is 3.34. The lowest BCUT2D eigenvalue weighted by Crippen LogP contribution is -2.31. The van der Waals surface area contributed by atoms with Crippen LogP contribution in [0.5, 0.6) is 0 Å². The molecule has 0 aliphatic rings. The molecular weight excluding hydrogens is 314 g/mol. The van der Waals surface area contributed by atoms with Gasteiger partial charge in [0.05, 0.1) is 6.61 Å². The van der Waals surface area contributed by atoms with E-state index in [1.54, 1.807) is 30.3 Å². The minimum atomic E-state index is -1.76. The van der Waals surface area contributed by atoms with E-state index in [0.717, 1.165) is 0 Å². The van der Waals surface area contributed by atoms with Crippen molar-refractivity contribution >= 4 is 5.91 Å². The van der Waals surface area contributed by atoms with E-state index in [2.05, 4.69) is 5.32 Å². The van der Waals surface area contributed by atoms with Crippen LogP contribution in [0.15, 0.2) is 36.4 Å². The Morgan fingerprint density at radius 1 is 1.04 bits per heavy atom. The Bertz CT molecular complexity index is 681. The molecule has 1 amide bonds. The molecule has 0 aromatic heterocycles. The number of halogens is 4. The maximum Gasteiger partial charge on any atom is 0.257 e. The van der Waals surface area contributed by atoms with Crippen LogP contribution in [0.4, 0.5) is 17.6 Å². The van der Waals surface area contributed by atoms with Crippen molar-refractivity contribution in [2.45, 2.75) is 5.92 Å². The van der Waals surface area contributed by atoms with Gasteiger partial charge in [0.25, 0.3) is 5.91 Å². The molecule has 2 N–H and O–H groups in total. The molecular formula is C16H13F4NO2. The van der Waals surface area contributed by atoms with Crippen LogP contribution < -0.4 is 5.32 Å². The van der Waals surface area contributed by atoms with Crippen molar-refractivity contribution in [3.63, 3.8) is 0 Å². The van der Waals surface area contributed by atoms with Crippen molar-refractivity contribution in [1.29, 1.82) is 0 Å². The fraction of sp³-hybridized carbons (Fsp3) is 0.188. The minimum Gasteiger partial charge on any atom is -0.396 e. The van der Waals surface area contributed by atoms with Gasteiger partial charge in [-0.3, -0.25) is 4.79 Å². The summed E-state index contributed by atoms with van der Waals surface area (Å²) in [6.45, 7) is -0.483. The Morgan fingerprint density at radius 2 is 1.61 bits per heavy atom. The Hall–Kier alpha value is -2.41. The molecule has 0 heterocycles. The molecule has 0 aliphatic heterocycles. The van der Waals surface area contributed by atoms with E-state index < -0.39 is 40.7 Å². The van der Waals surface area contributed by atoms with Gasteiger partial charge in [-0.1, -0.05) is 30.3 Å². The minimum absolute atomic E-state index is 0.0297. The average molecular weight is 327 g/mol. The molecule has 2 aromatic carbocycles. The zero-order chi connectivity index (χ0) is 17.0. The second-order valence-corrected chi connectivity index (χ2v) is 4.84. The summed E-state index contributed by atoms with van der Waals surface area (Å²) in [6, 6.07) is 8.65. The summed E-state index contributed by atoms with van der Waals surface area (Å²) in [4.78, 5) is 11.8. The lowest BCUT2D eigenvalue weighted by molar-refractivity contribution is 0.0936. The third kappa shape index (κ3) is 3.68. The van der Waals surface area contributed by atoms with E-state index >= 15 is 0 Å². The Balaban J connectivity index is 2.17. The van der Waals surface area contributed by atoms with Crippen LogP contribution in [0.1, 0.15) is 21.8 Å². The van der Waals surface area contributed by atoms with Crippen molar-refractivity contribution in [3.8, 4) is 0 Å². The number of aliphatic hydroxyl groups is 1. The fourth-order valence-corrected chi connectivity index (χ4v) is 2.09. The SMILES string of the molecule is O=C(NCC(CO)c1ccccc1)c1c(F)c(F)cc(F)c1F. The molecule has 3 nitrogen and oxygen atoms in total. The van der Waals surface area contributed by atoms with E-state index in [4.69, 9.17) is 0 Å². The summed E-state index contributed by atoms with van der Waals surface area (Å²) in [5, 5.41) is 11.5. The molecule has 0 aliphatic carbocycles. The molecule has 0 bridgehead atoms. The van der Waals surface area contributed by atoms with Gasteiger partial charge in [-0.2, -0.15) is 0 Å². The zero-order valence-electron chi connectivity index (χ0n) is 11.8. The normalized spacial score (nSPS) is 12.0. The summed E-state index contributed by atoms with van der Waals surface area (Å²) in [5.41, 5.74) is -0.631. The molecule has 122 valence electrons. The standard InChI is InChI=1S/C16H13F4NO2/c17-11-6-12(18)15(20)13(14(11)19)16(23)21-7-10(8-22)9-4-2-1-3-5-9/h1-6,10,22H,7-8H2,(H,21,23). The number of amides is 1. The molecule has 2 rings (SSSR count). The van der Waals surface area contributed by atoms with Crippen LogP contribution in [0.2, 0.25) is 0 Å². The van der Waals surface area contributed by atoms with E-state index in [9.17, 15) is 27.5 Å². The van der Waals surface area contributed by atoms with Gasteiger partial charge in [-0.15, -0.1) is 0 Å². The topological polar surface area (TPSA) is 49.3 Å². The molecule has 1 unspecified atom stereocenters. The first-order chi connectivity index (χ1) is 11.0. The number of hydrogen-bond donors (Lipinski definition) is 2. The summed E-state index contributed by atoms with van der Waals surface area (Å²) in [6.07, 6.45) is 0. The average Bonchev–Trinajstić information content (AvgIpc) is 2.55. The molecule has 0 saturated carbocycles. The molecule has 0 saturated heterocycles. The van der Waals surface area contributed by atoms with E-state index in [-0.39, 0.29) is 19.2 Å². The number of carbonyl (C=O) groups excluding carboxylic acids is 1. The monoisotopic (exact) mass is 327 g/mol. The number of benzene rings is 2. The van der Waals surface area contributed by atoms with Crippen LogP contribution in [0.3, 0.4) is 0 Å². The Kier molecular flexibility index (Phi) is 5.33. The molecule has 1 atom stereocenters. The molecule has 0 radical (unpaired) electrons. The highest BCUT2D eigenvalue weighted by Gasteiger charge is 2.25. The first-order valence-corrected chi connectivity index (χ1v) is 6.72. The van der Waals surface area contributed by atoms with Gasteiger partial charge in [-0.05, 0) is 5.56 Å². The van der Waals surface area contributed by atoms with Gasteiger partial charge in [0.2, 0.25) is 0 Å². The van der Waals surface area contributed by atoms with Gasteiger partial charge in [0.15, 0.2) is 23.3 Å². The van der Waals surface area contributed by atoms with Crippen LogP contribution in [0, 0.1) is 23.3 Å². The molecule has 0 spiro atoms. The highest BCUT2D eigenvalue weighted by Crippen LogP contribution is 2.20. The largest absolute Gasteiger partial charge is 0.396 e. The van der Waals surface area contributed by atoms with Crippen LogP contribution in [0.25, 0.3) is 0 Å². The van der Waals surface area contributed by atoms with E-state index in [0.29, 0.717) is 5.56 Å². The molecule has 2 aromatic rings. The van der Waals surface area contributed by atoms with Crippen LogP contribution in [-0.4, -0.2) is 24.2 Å². The molecule has 0 fully saturated rings. The van der Waals surface area contributed by atoms with Crippen molar-refractivity contribution < 1.29 is 27.5 Å². The van der Waals surface area contributed by atoms with Crippen molar-refractivity contribution in [3.05, 3.63) is 70.8 Å². The summed E-state index contributed by atoms with van der Waals surface area (Å²) < 4.78 is 53.3. The van der Waals surface area contributed by atoms with Crippen LogP contribution >= 0.6 is 0 Å². The highest BCUT2D eigenvalue weighted by molar-refractivity contribution is 5.94. The Labute approximate surface area is 129 Å². The van der Waals surface area contributed by atoms with Crippen molar-refractivity contribution in [2.24, 2.45) is 0 Å². The molecule has 23 heavy (non-hydrogen) atoms. The van der Waals surface area contributed by atoms with E-state index in [1.807, 2.05) is 0 Å². The van der Waals surface area contributed by atoms with Gasteiger partial charge in [0, 0.05) is 18.5 Å². The number of hydrogen-bond acceptors (Lipinski definition) is 2. The number of aliphatic hydroxyl groups excluding tert-OH is 1. The van der Waals surface area contributed by atoms with Crippen molar-refractivity contribution in [2.75, 3.05) is 13.2 Å².